The fourth-order valence-corrected chi connectivity index (χ4v) is 2.82. The van der Waals surface area contributed by atoms with Crippen molar-refractivity contribution < 1.29 is 19.8 Å². The maximum absolute atomic E-state index is 11.9. The summed E-state index contributed by atoms with van der Waals surface area (Å²) in [4.78, 5) is 22.8. The lowest BCUT2D eigenvalue weighted by Gasteiger charge is -2.26. The molecule has 3 atom stereocenters. The van der Waals surface area contributed by atoms with Crippen LogP contribution in [0.5, 0.6) is 0 Å². The molecule has 1 saturated carbocycles. The number of carbonyl (C=O) groups is 2. The summed E-state index contributed by atoms with van der Waals surface area (Å²) >= 11 is 0. The molecule has 0 spiro atoms. The van der Waals surface area contributed by atoms with Gasteiger partial charge in [0.05, 0.1) is 11.5 Å². The number of aliphatic hydroxyl groups is 1. The van der Waals surface area contributed by atoms with Crippen LogP contribution in [0, 0.1) is 17.8 Å². The van der Waals surface area contributed by atoms with E-state index in [4.69, 9.17) is 5.11 Å². The number of nitrogens with one attached hydrogen (secondary N) is 1. The highest BCUT2D eigenvalue weighted by atomic mass is 16.4. The van der Waals surface area contributed by atoms with Gasteiger partial charge in [0.2, 0.25) is 5.91 Å². The van der Waals surface area contributed by atoms with Crippen molar-refractivity contribution in [2.75, 3.05) is 6.54 Å². The molecule has 0 aromatic carbocycles. The molecule has 1 aliphatic rings. The molecule has 0 heterocycles. The largest absolute Gasteiger partial charge is 0.481 e. The Balaban J connectivity index is 2.38. The Morgan fingerprint density at radius 3 is 2.37 bits per heavy atom. The van der Waals surface area contributed by atoms with Crippen LogP contribution in [0.15, 0.2) is 0 Å². The predicted octanol–water partition coefficient (Wildman–Crippen LogP) is 1.40. The predicted molar refractivity (Wildman–Crippen MR) is 71.6 cm³/mol. The van der Waals surface area contributed by atoms with Crippen LogP contribution in [0.4, 0.5) is 0 Å². The fraction of sp³-hybridized carbons (Fsp3) is 0.857. The summed E-state index contributed by atoms with van der Waals surface area (Å²) < 4.78 is 0. The van der Waals surface area contributed by atoms with E-state index in [9.17, 15) is 14.7 Å². The van der Waals surface area contributed by atoms with Gasteiger partial charge < -0.3 is 15.5 Å². The van der Waals surface area contributed by atoms with E-state index >= 15 is 0 Å². The van der Waals surface area contributed by atoms with Gasteiger partial charge in [-0.25, -0.2) is 0 Å². The lowest BCUT2D eigenvalue weighted by atomic mass is 9.94. The summed E-state index contributed by atoms with van der Waals surface area (Å²) in [6.45, 7) is 5.97. The summed E-state index contributed by atoms with van der Waals surface area (Å²) in [6.07, 6.45) is 2.22. The molecule has 1 rings (SSSR count). The molecule has 0 radical (unpaired) electrons. The standard InChI is InChI=1S/C14H25NO4/c1-9(2)7-14(3,19)8-15-12(16)10-4-5-11(6-10)13(17)18/h9-11,19H,4-8H2,1-3H3,(H,15,16)(H,17,18). The molecule has 3 unspecified atom stereocenters. The van der Waals surface area contributed by atoms with Gasteiger partial charge in [0.1, 0.15) is 0 Å². The molecule has 0 aromatic rings. The zero-order valence-electron chi connectivity index (χ0n) is 12.0. The van der Waals surface area contributed by atoms with Gasteiger partial charge in [0, 0.05) is 12.5 Å². The van der Waals surface area contributed by atoms with Gasteiger partial charge in [0.15, 0.2) is 0 Å². The maximum atomic E-state index is 11.9. The third-order valence-electron chi connectivity index (χ3n) is 3.64. The molecule has 5 nitrogen and oxygen atoms in total. The van der Waals surface area contributed by atoms with Crippen molar-refractivity contribution >= 4 is 11.9 Å². The first-order valence-corrected chi connectivity index (χ1v) is 6.94. The van der Waals surface area contributed by atoms with Crippen LogP contribution in [-0.2, 0) is 9.59 Å². The minimum Gasteiger partial charge on any atom is -0.481 e. The van der Waals surface area contributed by atoms with Crippen LogP contribution in [0.2, 0.25) is 0 Å². The highest BCUT2D eigenvalue weighted by Crippen LogP contribution is 2.31. The Labute approximate surface area is 114 Å². The fourth-order valence-electron chi connectivity index (χ4n) is 2.82. The van der Waals surface area contributed by atoms with Crippen molar-refractivity contribution in [3.05, 3.63) is 0 Å². The molecular formula is C14H25NO4. The normalized spacial score (nSPS) is 26.2. The van der Waals surface area contributed by atoms with Crippen molar-refractivity contribution in [1.82, 2.24) is 5.32 Å². The highest BCUT2D eigenvalue weighted by Gasteiger charge is 2.34. The lowest BCUT2D eigenvalue weighted by Crippen LogP contribution is -2.43. The number of hydrogen-bond donors (Lipinski definition) is 3. The van der Waals surface area contributed by atoms with Gasteiger partial charge >= 0.3 is 5.97 Å². The van der Waals surface area contributed by atoms with E-state index in [-0.39, 0.29) is 18.4 Å². The summed E-state index contributed by atoms with van der Waals surface area (Å²) in [5, 5.41) is 21.8. The van der Waals surface area contributed by atoms with E-state index in [1.807, 2.05) is 13.8 Å². The maximum Gasteiger partial charge on any atom is 0.306 e. The van der Waals surface area contributed by atoms with Crippen LogP contribution < -0.4 is 5.32 Å². The molecule has 1 fully saturated rings. The van der Waals surface area contributed by atoms with Gasteiger partial charge in [-0.2, -0.15) is 0 Å². The average Bonchev–Trinajstić information content (AvgIpc) is 2.73. The zero-order valence-corrected chi connectivity index (χ0v) is 12.0. The van der Waals surface area contributed by atoms with Crippen molar-refractivity contribution in [2.24, 2.45) is 17.8 Å². The second-order valence-corrected chi connectivity index (χ2v) is 6.36. The number of amides is 1. The van der Waals surface area contributed by atoms with Crippen LogP contribution in [0.25, 0.3) is 0 Å². The molecule has 1 amide bonds. The first kappa shape index (κ1) is 16.0. The van der Waals surface area contributed by atoms with Gasteiger partial charge in [0.25, 0.3) is 0 Å². The van der Waals surface area contributed by atoms with E-state index < -0.39 is 17.5 Å². The lowest BCUT2D eigenvalue weighted by molar-refractivity contribution is -0.141. The molecule has 0 bridgehead atoms. The monoisotopic (exact) mass is 271 g/mol. The number of rotatable bonds is 6. The highest BCUT2D eigenvalue weighted by molar-refractivity contribution is 5.80. The summed E-state index contributed by atoms with van der Waals surface area (Å²) in [6, 6.07) is 0. The Morgan fingerprint density at radius 2 is 1.89 bits per heavy atom. The average molecular weight is 271 g/mol. The summed E-state index contributed by atoms with van der Waals surface area (Å²) in [5.41, 5.74) is -0.908. The number of aliphatic carboxylic acids is 1. The minimum atomic E-state index is -0.908. The Hall–Kier alpha value is -1.10. The number of carboxylic acids is 1. The second-order valence-electron chi connectivity index (χ2n) is 6.36. The van der Waals surface area contributed by atoms with Crippen LogP contribution in [0.3, 0.4) is 0 Å². The Morgan fingerprint density at radius 1 is 1.32 bits per heavy atom. The molecule has 110 valence electrons. The van der Waals surface area contributed by atoms with Crippen LogP contribution in [-0.4, -0.2) is 34.2 Å². The number of carboxylic acid groups (broad SMARTS) is 1. The molecule has 1 aliphatic carbocycles. The van der Waals surface area contributed by atoms with Gasteiger partial charge in [-0.05, 0) is 38.5 Å². The molecular weight excluding hydrogens is 246 g/mol. The first-order valence-electron chi connectivity index (χ1n) is 6.94. The molecule has 0 aliphatic heterocycles. The van der Waals surface area contributed by atoms with Gasteiger partial charge in [-0.3, -0.25) is 9.59 Å². The van der Waals surface area contributed by atoms with Crippen molar-refractivity contribution in [3.63, 3.8) is 0 Å². The van der Waals surface area contributed by atoms with E-state index in [0.717, 1.165) is 0 Å². The third kappa shape index (κ3) is 5.19. The van der Waals surface area contributed by atoms with Crippen LogP contribution >= 0.6 is 0 Å². The van der Waals surface area contributed by atoms with Gasteiger partial charge in [-0.15, -0.1) is 0 Å². The van der Waals surface area contributed by atoms with Crippen molar-refractivity contribution in [1.29, 1.82) is 0 Å². The Kier molecular flexibility index (Phi) is 5.35. The van der Waals surface area contributed by atoms with E-state index in [0.29, 0.717) is 31.6 Å². The van der Waals surface area contributed by atoms with Crippen molar-refractivity contribution in [2.45, 2.75) is 52.1 Å². The first-order chi connectivity index (χ1) is 8.71. The third-order valence-corrected chi connectivity index (χ3v) is 3.64. The molecule has 0 saturated heterocycles. The number of carbonyl (C=O) groups excluding carboxylic acids is 1. The topological polar surface area (TPSA) is 86.6 Å². The zero-order chi connectivity index (χ0) is 14.6. The SMILES string of the molecule is CC(C)CC(C)(O)CNC(=O)C1CCC(C(=O)O)C1. The van der Waals surface area contributed by atoms with Crippen LogP contribution in [0.1, 0.15) is 46.5 Å². The molecule has 19 heavy (non-hydrogen) atoms. The Bertz CT molecular complexity index is 338. The van der Waals surface area contributed by atoms with Gasteiger partial charge in [-0.1, -0.05) is 13.8 Å². The molecule has 0 aromatic heterocycles. The number of hydrogen-bond acceptors (Lipinski definition) is 3. The molecule has 5 heteroatoms. The van der Waals surface area contributed by atoms with Crippen molar-refractivity contribution in [3.8, 4) is 0 Å². The summed E-state index contributed by atoms with van der Waals surface area (Å²) in [5.74, 6) is -1.22. The van der Waals surface area contributed by atoms with E-state index in [1.54, 1.807) is 6.92 Å². The van der Waals surface area contributed by atoms with E-state index in [2.05, 4.69) is 5.32 Å². The smallest absolute Gasteiger partial charge is 0.306 e. The van der Waals surface area contributed by atoms with E-state index in [1.165, 1.54) is 0 Å². The second kappa shape index (κ2) is 6.37. The quantitative estimate of drug-likeness (QED) is 0.681. The molecule has 3 N–H and O–H groups in total. The summed E-state index contributed by atoms with van der Waals surface area (Å²) in [7, 11) is 0. The minimum absolute atomic E-state index is 0.132.